The van der Waals surface area contributed by atoms with Crippen LogP contribution in [0.25, 0.3) is 0 Å². The van der Waals surface area contributed by atoms with Gasteiger partial charge in [-0.2, -0.15) is 0 Å². The summed E-state index contributed by atoms with van der Waals surface area (Å²) in [6.45, 7) is 8.24. The first kappa shape index (κ1) is 23.6. The Morgan fingerprint density at radius 2 is 1.76 bits per heavy atom. The van der Waals surface area contributed by atoms with Gasteiger partial charge in [-0.1, -0.05) is 31.3 Å². The number of hydrogen-bond donors (Lipinski definition) is 2. The number of aromatic nitrogens is 2. The van der Waals surface area contributed by atoms with Crippen LogP contribution in [0.2, 0.25) is 0 Å². The maximum Gasteiger partial charge on any atom is 0.257 e. The first-order chi connectivity index (χ1) is 16.2. The second kappa shape index (κ2) is 9.72. The lowest BCUT2D eigenvalue weighted by molar-refractivity contribution is -0.119. The third-order valence-corrected chi connectivity index (χ3v) is 6.88. The standard InChI is InChI=1S/C25H27N5O3S/c1-14(2)22(32)26-19-8-6-17(7-9-19)23(33)27-25-29-28-24(34-25)18-12-21(31)30(13-18)20-10-5-15(3)16(4)11-20/h5-11,14,18H,12-13H2,1-4H3,(H,26,32)(H,27,29,33)/t18-/m0/s1. The molecule has 0 unspecified atom stereocenters. The average molecular weight is 478 g/mol. The van der Waals surface area contributed by atoms with Crippen LogP contribution in [0.1, 0.15) is 52.7 Å². The van der Waals surface area contributed by atoms with Crippen LogP contribution in [0.5, 0.6) is 0 Å². The molecule has 34 heavy (non-hydrogen) atoms. The molecule has 0 spiro atoms. The fraction of sp³-hybridized carbons (Fsp3) is 0.320. The van der Waals surface area contributed by atoms with Crippen LogP contribution >= 0.6 is 11.3 Å². The Morgan fingerprint density at radius 3 is 2.44 bits per heavy atom. The van der Waals surface area contributed by atoms with Gasteiger partial charge in [0.15, 0.2) is 0 Å². The Kier molecular flexibility index (Phi) is 6.74. The normalized spacial score (nSPS) is 15.6. The lowest BCUT2D eigenvalue weighted by Crippen LogP contribution is -2.24. The van der Waals surface area contributed by atoms with Crippen molar-refractivity contribution in [2.24, 2.45) is 5.92 Å². The fourth-order valence-corrected chi connectivity index (χ4v) is 4.46. The largest absolute Gasteiger partial charge is 0.326 e. The van der Waals surface area contributed by atoms with Gasteiger partial charge in [0.25, 0.3) is 5.91 Å². The zero-order valence-corrected chi connectivity index (χ0v) is 20.4. The average Bonchev–Trinajstić information content (AvgIpc) is 3.42. The van der Waals surface area contributed by atoms with Gasteiger partial charge < -0.3 is 10.2 Å². The topological polar surface area (TPSA) is 104 Å². The highest BCUT2D eigenvalue weighted by molar-refractivity contribution is 7.15. The van der Waals surface area contributed by atoms with Crippen LogP contribution in [0, 0.1) is 19.8 Å². The minimum absolute atomic E-state index is 0.0543. The van der Waals surface area contributed by atoms with E-state index in [1.807, 2.05) is 45.9 Å². The molecule has 0 radical (unpaired) electrons. The van der Waals surface area contributed by atoms with Crippen molar-refractivity contribution in [1.29, 1.82) is 0 Å². The van der Waals surface area contributed by atoms with Crippen molar-refractivity contribution in [3.63, 3.8) is 0 Å². The molecule has 0 saturated carbocycles. The first-order valence-electron chi connectivity index (χ1n) is 11.1. The summed E-state index contributed by atoms with van der Waals surface area (Å²) in [6, 6.07) is 12.7. The summed E-state index contributed by atoms with van der Waals surface area (Å²) >= 11 is 1.28. The maximum atomic E-state index is 12.6. The molecule has 0 bridgehead atoms. The number of amides is 3. The summed E-state index contributed by atoms with van der Waals surface area (Å²) in [7, 11) is 0. The molecule has 8 nitrogen and oxygen atoms in total. The summed E-state index contributed by atoms with van der Waals surface area (Å²) in [4.78, 5) is 38.8. The van der Waals surface area contributed by atoms with Crippen molar-refractivity contribution >= 4 is 45.6 Å². The van der Waals surface area contributed by atoms with Gasteiger partial charge in [-0.3, -0.25) is 19.7 Å². The number of anilines is 3. The number of nitrogens with zero attached hydrogens (tertiary/aromatic N) is 3. The Labute approximate surface area is 202 Å². The predicted molar refractivity (Wildman–Crippen MR) is 133 cm³/mol. The number of aryl methyl sites for hydroxylation is 2. The Bertz CT molecular complexity index is 1240. The van der Waals surface area contributed by atoms with Crippen molar-refractivity contribution in [1.82, 2.24) is 10.2 Å². The molecule has 3 aromatic rings. The first-order valence-corrected chi connectivity index (χ1v) is 12.0. The van der Waals surface area contributed by atoms with Crippen molar-refractivity contribution in [3.05, 3.63) is 64.2 Å². The van der Waals surface area contributed by atoms with Crippen LogP contribution < -0.4 is 15.5 Å². The van der Waals surface area contributed by atoms with Crippen molar-refractivity contribution < 1.29 is 14.4 Å². The molecule has 9 heteroatoms. The number of nitrogens with one attached hydrogen (secondary N) is 2. The van der Waals surface area contributed by atoms with Gasteiger partial charge in [0.2, 0.25) is 16.9 Å². The summed E-state index contributed by atoms with van der Waals surface area (Å²) in [6.07, 6.45) is 0.360. The zero-order chi connectivity index (χ0) is 24.4. The zero-order valence-electron chi connectivity index (χ0n) is 19.6. The molecule has 1 aliphatic rings. The van der Waals surface area contributed by atoms with E-state index in [9.17, 15) is 14.4 Å². The Morgan fingerprint density at radius 1 is 1.03 bits per heavy atom. The van der Waals surface area contributed by atoms with E-state index >= 15 is 0 Å². The quantitative estimate of drug-likeness (QED) is 0.543. The van der Waals surface area contributed by atoms with Gasteiger partial charge in [-0.15, -0.1) is 10.2 Å². The van der Waals surface area contributed by atoms with Gasteiger partial charge in [0, 0.05) is 41.7 Å². The highest BCUT2D eigenvalue weighted by atomic mass is 32.1. The second-order valence-electron chi connectivity index (χ2n) is 8.79. The molecular weight excluding hydrogens is 450 g/mol. The molecule has 1 fully saturated rings. The van der Waals surface area contributed by atoms with Crippen molar-refractivity contribution in [3.8, 4) is 0 Å². The van der Waals surface area contributed by atoms with E-state index in [-0.39, 0.29) is 29.6 Å². The van der Waals surface area contributed by atoms with Crippen LogP contribution in [0.15, 0.2) is 42.5 Å². The molecule has 1 atom stereocenters. The monoisotopic (exact) mass is 477 g/mol. The molecule has 2 heterocycles. The van der Waals surface area contributed by atoms with Crippen LogP contribution in [0.4, 0.5) is 16.5 Å². The lowest BCUT2D eigenvalue weighted by Gasteiger charge is -2.17. The Hall–Kier alpha value is -3.59. The van der Waals surface area contributed by atoms with E-state index < -0.39 is 0 Å². The third-order valence-electron chi connectivity index (χ3n) is 5.88. The molecule has 1 aliphatic heterocycles. The molecule has 0 aliphatic carbocycles. The van der Waals surface area contributed by atoms with Crippen LogP contribution in [-0.2, 0) is 9.59 Å². The molecule has 3 amide bonds. The van der Waals surface area contributed by atoms with E-state index in [0.29, 0.717) is 29.3 Å². The highest BCUT2D eigenvalue weighted by Gasteiger charge is 2.34. The number of benzene rings is 2. The molecule has 2 aromatic carbocycles. The minimum Gasteiger partial charge on any atom is -0.326 e. The van der Waals surface area contributed by atoms with Gasteiger partial charge in [-0.05, 0) is 61.4 Å². The maximum absolute atomic E-state index is 12.6. The number of carbonyl (C=O) groups is 3. The van der Waals surface area contributed by atoms with E-state index in [1.165, 1.54) is 16.9 Å². The fourth-order valence-electron chi connectivity index (χ4n) is 3.63. The molecule has 1 saturated heterocycles. The summed E-state index contributed by atoms with van der Waals surface area (Å²) in [5.41, 5.74) is 4.29. The summed E-state index contributed by atoms with van der Waals surface area (Å²) in [5.74, 6) is -0.540. The smallest absolute Gasteiger partial charge is 0.257 e. The number of hydrogen-bond acceptors (Lipinski definition) is 6. The van der Waals surface area contributed by atoms with E-state index in [1.54, 1.807) is 29.2 Å². The number of rotatable bonds is 6. The Balaban J connectivity index is 1.39. The molecule has 2 N–H and O–H groups in total. The lowest BCUT2D eigenvalue weighted by atomic mass is 10.1. The molecule has 1 aromatic heterocycles. The minimum atomic E-state index is -0.316. The second-order valence-corrected chi connectivity index (χ2v) is 9.80. The van der Waals surface area contributed by atoms with Crippen molar-refractivity contribution in [2.45, 2.75) is 40.0 Å². The molecule has 4 rings (SSSR count). The molecular formula is C25H27N5O3S. The van der Waals surface area contributed by atoms with Gasteiger partial charge in [-0.25, -0.2) is 0 Å². The summed E-state index contributed by atoms with van der Waals surface area (Å²) in [5, 5.41) is 15.0. The SMILES string of the molecule is Cc1ccc(N2C[C@@H](c3nnc(NC(=O)c4ccc(NC(=O)C(C)C)cc4)s3)CC2=O)cc1C. The van der Waals surface area contributed by atoms with E-state index in [4.69, 9.17) is 0 Å². The van der Waals surface area contributed by atoms with Crippen LogP contribution in [0.3, 0.4) is 0 Å². The van der Waals surface area contributed by atoms with Crippen molar-refractivity contribution in [2.75, 3.05) is 22.1 Å². The third kappa shape index (κ3) is 5.14. The van der Waals surface area contributed by atoms with Gasteiger partial charge >= 0.3 is 0 Å². The predicted octanol–water partition coefficient (Wildman–Crippen LogP) is 4.52. The number of carbonyl (C=O) groups excluding carboxylic acids is 3. The van der Waals surface area contributed by atoms with E-state index in [2.05, 4.69) is 20.8 Å². The van der Waals surface area contributed by atoms with Gasteiger partial charge in [0.1, 0.15) is 5.01 Å². The molecule has 176 valence electrons. The highest BCUT2D eigenvalue weighted by Crippen LogP contribution is 2.34. The van der Waals surface area contributed by atoms with Gasteiger partial charge in [0.05, 0.1) is 0 Å². The van der Waals surface area contributed by atoms with E-state index in [0.717, 1.165) is 16.3 Å². The summed E-state index contributed by atoms with van der Waals surface area (Å²) < 4.78 is 0. The van der Waals surface area contributed by atoms with Crippen LogP contribution in [-0.4, -0.2) is 34.5 Å².